The normalized spacial score (nSPS) is 10.8. The maximum Gasteiger partial charge on any atom is 0.172 e. The van der Waals surface area contributed by atoms with Gasteiger partial charge in [-0.05, 0) is 11.1 Å². The molecule has 0 aliphatic rings. The molecule has 0 saturated carbocycles. The second-order valence-corrected chi connectivity index (χ2v) is 5.01. The second kappa shape index (κ2) is 5.71. The van der Waals surface area contributed by atoms with E-state index in [0.717, 1.165) is 0 Å². The lowest BCUT2D eigenvalue weighted by Gasteiger charge is -2.20. The van der Waals surface area contributed by atoms with Crippen LogP contribution in [0.4, 0.5) is 11.5 Å². The van der Waals surface area contributed by atoms with E-state index in [1.165, 1.54) is 11.1 Å². The monoisotopic (exact) mass is 278 g/mol. The first-order chi connectivity index (χ1) is 10.2. The third kappa shape index (κ3) is 2.89. The Labute approximate surface area is 124 Å². The minimum absolute atomic E-state index is 0.0181. The number of aromatic nitrogens is 2. The van der Waals surface area contributed by atoms with Gasteiger partial charge in [-0.3, -0.25) is 4.68 Å². The van der Waals surface area contributed by atoms with Crippen LogP contribution in [0.25, 0.3) is 0 Å². The molecule has 3 rings (SSSR count). The highest BCUT2D eigenvalue weighted by molar-refractivity contribution is 5.61. The van der Waals surface area contributed by atoms with Crippen LogP contribution in [-0.2, 0) is 7.05 Å². The Morgan fingerprint density at radius 2 is 1.48 bits per heavy atom. The molecule has 21 heavy (non-hydrogen) atoms. The SMILES string of the molecule is Cn1cc(N)c(NC(c2ccccc2)c2ccccc2)n1. The van der Waals surface area contributed by atoms with Crippen molar-refractivity contribution in [2.24, 2.45) is 7.05 Å². The lowest BCUT2D eigenvalue weighted by molar-refractivity contribution is 0.764. The summed E-state index contributed by atoms with van der Waals surface area (Å²) in [6.07, 6.45) is 1.80. The van der Waals surface area contributed by atoms with Crippen LogP contribution < -0.4 is 11.1 Å². The van der Waals surface area contributed by atoms with E-state index in [1.54, 1.807) is 10.9 Å². The first-order valence-corrected chi connectivity index (χ1v) is 6.89. The Bertz CT molecular complexity index is 665. The van der Waals surface area contributed by atoms with E-state index in [0.29, 0.717) is 11.5 Å². The summed E-state index contributed by atoms with van der Waals surface area (Å²) < 4.78 is 1.71. The molecule has 0 spiro atoms. The molecule has 2 aromatic carbocycles. The average Bonchev–Trinajstić information content (AvgIpc) is 2.84. The van der Waals surface area contributed by atoms with Crippen molar-refractivity contribution >= 4 is 11.5 Å². The van der Waals surface area contributed by atoms with E-state index < -0.39 is 0 Å². The summed E-state index contributed by atoms with van der Waals surface area (Å²) in [7, 11) is 1.86. The fraction of sp³-hybridized carbons (Fsp3) is 0.118. The van der Waals surface area contributed by atoms with Crippen LogP contribution in [0.1, 0.15) is 17.2 Å². The van der Waals surface area contributed by atoms with Crippen LogP contribution in [0.3, 0.4) is 0 Å². The third-order valence-electron chi connectivity index (χ3n) is 3.40. The summed E-state index contributed by atoms with van der Waals surface area (Å²) in [5.41, 5.74) is 9.00. The number of rotatable bonds is 4. The van der Waals surface area contributed by atoms with Gasteiger partial charge in [0.2, 0.25) is 0 Å². The molecular weight excluding hydrogens is 260 g/mol. The van der Waals surface area contributed by atoms with Crippen molar-refractivity contribution < 1.29 is 0 Å². The van der Waals surface area contributed by atoms with Crippen molar-refractivity contribution in [2.75, 3.05) is 11.1 Å². The fourth-order valence-electron chi connectivity index (χ4n) is 2.41. The van der Waals surface area contributed by atoms with Crippen molar-refractivity contribution in [1.82, 2.24) is 9.78 Å². The van der Waals surface area contributed by atoms with Crippen LogP contribution in [0.5, 0.6) is 0 Å². The predicted molar refractivity (Wildman–Crippen MR) is 86.0 cm³/mol. The zero-order valence-electron chi connectivity index (χ0n) is 11.9. The van der Waals surface area contributed by atoms with Crippen LogP contribution in [0.2, 0.25) is 0 Å². The van der Waals surface area contributed by atoms with Gasteiger partial charge in [-0.15, -0.1) is 0 Å². The Morgan fingerprint density at radius 1 is 0.952 bits per heavy atom. The molecule has 3 N–H and O–H groups in total. The molecule has 0 saturated heterocycles. The number of aryl methyl sites for hydroxylation is 1. The van der Waals surface area contributed by atoms with Gasteiger partial charge in [0.05, 0.1) is 11.7 Å². The van der Waals surface area contributed by atoms with E-state index in [9.17, 15) is 0 Å². The van der Waals surface area contributed by atoms with E-state index in [2.05, 4.69) is 34.7 Å². The molecule has 1 aromatic heterocycles. The number of nitrogens with one attached hydrogen (secondary N) is 1. The van der Waals surface area contributed by atoms with Gasteiger partial charge in [0.15, 0.2) is 5.82 Å². The smallest absolute Gasteiger partial charge is 0.172 e. The fourth-order valence-corrected chi connectivity index (χ4v) is 2.41. The number of nitrogens with two attached hydrogens (primary N) is 1. The van der Waals surface area contributed by atoms with E-state index >= 15 is 0 Å². The van der Waals surface area contributed by atoms with Crippen molar-refractivity contribution in [3.05, 3.63) is 78.0 Å². The summed E-state index contributed by atoms with van der Waals surface area (Å²) in [6.45, 7) is 0. The van der Waals surface area contributed by atoms with Gasteiger partial charge in [-0.2, -0.15) is 5.10 Å². The van der Waals surface area contributed by atoms with Gasteiger partial charge in [0.1, 0.15) is 0 Å². The molecule has 1 heterocycles. The maximum atomic E-state index is 6.00. The standard InChI is InChI=1S/C17H18N4/c1-21-12-15(18)17(20-21)19-16(13-8-4-2-5-9-13)14-10-6-3-7-11-14/h2-12,16H,18H2,1H3,(H,19,20). The van der Waals surface area contributed by atoms with Crippen LogP contribution in [0.15, 0.2) is 66.9 Å². The number of hydrogen-bond donors (Lipinski definition) is 2. The summed E-state index contributed by atoms with van der Waals surface area (Å²) in [6, 6.07) is 20.6. The molecule has 0 bridgehead atoms. The molecule has 0 aliphatic heterocycles. The molecular formula is C17H18N4. The number of anilines is 2. The minimum Gasteiger partial charge on any atom is -0.394 e. The van der Waals surface area contributed by atoms with E-state index in [-0.39, 0.29) is 6.04 Å². The second-order valence-electron chi connectivity index (χ2n) is 5.01. The molecule has 0 radical (unpaired) electrons. The van der Waals surface area contributed by atoms with Crippen molar-refractivity contribution in [1.29, 1.82) is 0 Å². The van der Waals surface area contributed by atoms with Gasteiger partial charge >= 0.3 is 0 Å². The number of benzene rings is 2. The number of hydrogen-bond acceptors (Lipinski definition) is 3. The number of nitrogens with zero attached hydrogens (tertiary/aromatic N) is 2. The molecule has 0 fully saturated rings. The third-order valence-corrected chi connectivity index (χ3v) is 3.40. The number of nitrogen functional groups attached to an aromatic ring is 1. The quantitative estimate of drug-likeness (QED) is 0.770. The van der Waals surface area contributed by atoms with Gasteiger partial charge in [-0.1, -0.05) is 60.7 Å². The molecule has 3 aromatic rings. The summed E-state index contributed by atoms with van der Waals surface area (Å²) in [5.74, 6) is 0.704. The first-order valence-electron chi connectivity index (χ1n) is 6.89. The predicted octanol–water partition coefficient (Wildman–Crippen LogP) is 3.20. The minimum atomic E-state index is 0.0181. The highest BCUT2D eigenvalue weighted by atomic mass is 15.3. The maximum absolute atomic E-state index is 6.00. The average molecular weight is 278 g/mol. The highest BCUT2D eigenvalue weighted by Gasteiger charge is 2.16. The first kappa shape index (κ1) is 13.2. The Morgan fingerprint density at radius 3 is 1.90 bits per heavy atom. The van der Waals surface area contributed by atoms with E-state index in [4.69, 9.17) is 5.73 Å². The molecule has 106 valence electrons. The van der Waals surface area contributed by atoms with Crippen LogP contribution in [-0.4, -0.2) is 9.78 Å². The molecule has 4 heteroatoms. The lowest BCUT2D eigenvalue weighted by atomic mass is 9.99. The Hall–Kier alpha value is -2.75. The van der Waals surface area contributed by atoms with Crippen LogP contribution >= 0.6 is 0 Å². The van der Waals surface area contributed by atoms with Crippen LogP contribution in [0, 0.1) is 0 Å². The van der Waals surface area contributed by atoms with E-state index in [1.807, 2.05) is 43.4 Å². The van der Waals surface area contributed by atoms with Crippen molar-refractivity contribution in [3.63, 3.8) is 0 Å². The molecule has 4 nitrogen and oxygen atoms in total. The van der Waals surface area contributed by atoms with Gasteiger partial charge in [-0.25, -0.2) is 0 Å². The summed E-state index contributed by atoms with van der Waals surface area (Å²) in [4.78, 5) is 0. The van der Waals surface area contributed by atoms with Crippen molar-refractivity contribution in [3.8, 4) is 0 Å². The highest BCUT2D eigenvalue weighted by Crippen LogP contribution is 2.28. The van der Waals surface area contributed by atoms with Gasteiger partial charge in [0.25, 0.3) is 0 Å². The zero-order chi connectivity index (χ0) is 14.7. The molecule has 0 amide bonds. The summed E-state index contributed by atoms with van der Waals surface area (Å²) >= 11 is 0. The zero-order valence-corrected chi connectivity index (χ0v) is 11.9. The molecule has 0 unspecified atom stereocenters. The van der Waals surface area contributed by atoms with Gasteiger partial charge < -0.3 is 11.1 Å². The summed E-state index contributed by atoms with van der Waals surface area (Å²) in [5, 5.41) is 7.83. The lowest BCUT2D eigenvalue weighted by Crippen LogP contribution is -2.13. The van der Waals surface area contributed by atoms with Gasteiger partial charge in [0, 0.05) is 13.2 Å². The van der Waals surface area contributed by atoms with Crippen molar-refractivity contribution in [2.45, 2.75) is 6.04 Å². The molecule has 0 atom stereocenters. The Kier molecular flexibility index (Phi) is 3.60. The largest absolute Gasteiger partial charge is 0.394 e. The Balaban J connectivity index is 1.99. The molecule has 0 aliphatic carbocycles. The topological polar surface area (TPSA) is 55.9 Å².